The maximum absolute atomic E-state index is 12.1. The van der Waals surface area contributed by atoms with E-state index in [9.17, 15) is 9.59 Å². The zero-order valence-corrected chi connectivity index (χ0v) is 14.5. The molecular formula is C15H12Cl2INO2. The molecule has 0 heterocycles. The van der Waals surface area contributed by atoms with E-state index in [0.29, 0.717) is 25.6 Å². The van der Waals surface area contributed by atoms with Crippen molar-refractivity contribution in [3.8, 4) is 0 Å². The Morgan fingerprint density at radius 2 is 1.62 bits per heavy atom. The van der Waals surface area contributed by atoms with Crippen LogP contribution < -0.4 is 5.73 Å². The molecular weight excluding hydrogens is 424 g/mol. The van der Waals surface area contributed by atoms with Gasteiger partial charge in [0.05, 0.1) is 9.45 Å². The molecule has 0 unspecified atom stereocenters. The van der Waals surface area contributed by atoms with Crippen LogP contribution in [-0.4, -0.2) is 16.1 Å². The van der Waals surface area contributed by atoms with Crippen molar-refractivity contribution >= 4 is 57.5 Å². The first-order valence-corrected chi connectivity index (χ1v) is 8.13. The van der Waals surface area contributed by atoms with Crippen molar-refractivity contribution in [3.05, 3.63) is 69.7 Å². The lowest BCUT2D eigenvalue weighted by Gasteiger charge is -2.03. The average molecular weight is 436 g/mol. The Morgan fingerprint density at radius 3 is 2.14 bits per heavy atom. The smallest absolute Gasteiger partial charge is 0.227 e. The van der Waals surface area contributed by atoms with Crippen LogP contribution in [0.5, 0.6) is 0 Å². The second kappa shape index (κ2) is 9.02. The molecule has 2 aromatic carbocycles. The molecule has 0 aromatic heterocycles. The van der Waals surface area contributed by atoms with E-state index in [-0.39, 0.29) is 11.7 Å². The van der Waals surface area contributed by atoms with Gasteiger partial charge < -0.3 is 5.73 Å². The highest BCUT2D eigenvalue weighted by atomic mass is 127. The van der Waals surface area contributed by atoms with Gasteiger partial charge in [-0.1, -0.05) is 76.1 Å². The van der Waals surface area contributed by atoms with E-state index in [1.807, 2.05) is 40.8 Å². The van der Waals surface area contributed by atoms with Gasteiger partial charge >= 0.3 is 0 Å². The minimum absolute atomic E-state index is 0.117. The normalized spacial score (nSPS) is 9.48. The number of ketones is 1. The maximum Gasteiger partial charge on any atom is 0.227 e. The van der Waals surface area contributed by atoms with E-state index in [2.05, 4.69) is 5.73 Å². The van der Waals surface area contributed by atoms with Crippen LogP contribution in [0.15, 0.2) is 48.5 Å². The molecule has 0 spiro atoms. The highest BCUT2D eigenvalue weighted by molar-refractivity contribution is 14.1. The van der Waals surface area contributed by atoms with Crippen LogP contribution in [0.25, 0.3) is 0 Å². The van der Waals surface area contributed by atoms with Crippen molar-refractivity contribution in [3.63, 3.8) is 0 Å². The molecule has 2 rings (SSSR count). The van der Waals surface area contributed by atoms with Gasteiger partial charge in [-0.05, 0) is 18.2 Å². The molecule has 3 nitrogen and oxygen atoms in total. The highest BCUT2D eigenvalue weighted by Crippen LogP contribution is 2.23. The lowest BCUT2D eigenvalue weighted by atomic mass is 10.0. The summed E-state index contributed by atoms with van der Waals surface area (Å²) in [5, 5.41) is 0.918. The molecule has 0 bridgehead atoms. The number of primary amides is 1. The van der Waals surface area contributed by atoms with E-state index in [4.69, 9.17) is 23.2 Å². The zero-order valence-electron chi connectivity index (χ0n) is 10.9. The molecule has 2 N–H and O–H groups in total. The Balaban J connectivity index is 0.000000383. The second-order valence-electron chi connectivity index (χ2n) is 3.92. The summed E-state index contributed by atoms with van der Waals surface area (Å²) in [4.78, 5) is 21.7. The van der Waals surface area contributed by atoms with E-state index in [0.717, 1.165) is 0 Å². The van der Waals surface area contributed by atoms with E-state index in [1.54, 1.807) is 30.3 Å². The van der Waals surface area contributed by atoms with Gasteiger partial charge in [-0.25, -0.2) is 0 Å². The summed E-state index contributed by atoms with van der Waals surface area (Å²) in [6.45, 7) is 0. The van der Waals surface area contributed by atoms with Crippen LogP contribution in [0, 0.1) is 0 Å². The summed E-state index contributed by atoms with van der Waals surface area (Å²) in [6.07, 6.45) is 0. The Bertz CT molecular complexity index is 633. The monoisotopic (exact) mass is 435 g/mol. The number of hydrogen-bond donors (Lipinski definition) is 1. The predicted octanol–water partition coefficient (Wildman–Crippen LogP) is 4.13. The molecule has 21 heavy (non-hydrogen) atoms. The van der Waals surface area contributed by atoms with Gasteiger partial charge in [0.15, 0.2) is 5.78 Å². The SMILES string of the molecule is NC(=O)CI.O=C(c1ccccc1)c1cc(Cl)ccc1Cl. The third-order valence-electron chi connectivity index (χ3n) is 2.34. The van der Waals surface area contributed by atoms with Gasteiger partial charge in [-0.15, -0.1) is 0 Å². The fourth-order valence-corrected chi connectivity index (χ4v) is 1.79. The van der Waals surface area contributed by atoms with Crippen LogP contribution in [-0.2, 0) is 4.79 Å². The number of carbonyl (C=O) groups excluding carboxylic acids is 2. The number of benzene rings is 2. The lowest BCUT2D eigenvalue weighted by molar-refractivity contribution is -0.115. The maximum atomic E-state index is 12.1. The number of nitrogens with two attached hydrogens (primary N) is 1. The van der Waals surface area contributed by atoms with E-state index < -0.39 is 0 Å². The van der Waals surface area contributed by atoms with Gasteiger partial charge in [-0.3, -0.25) is 9.59 Å². The topological polar surface area (TPSA) is 60.2 Å². The number of rotatable bonds is 3. The van der Waals surface area contributed by atoms with Gasteiger partial charge in [0.1, 0.15) is 0 Å². The summed E-state index contributed by atoms with van der Waals surface area (Å²) >= 11 is 13.7. The van der Waals surface area contributed by atoms with E-state index in [1.165, 1.54) is 0 Å². The third-order valence-corrected chi connectivity index (χ3v) is 3.66. The molecule has 2 aromatic rings. The number of alkyl halides is 1. The zero-order chi connectivity index (χ0) is 15.8. The molecule has 1 amide bonds. The Labute approximate surface area is 146 Å². The molecule has 0 aliphatic rings. The first kappa shape index (κ1) is 17.9. The van der Waals surface area contributed by atoms with E-state index >= 15 is 0 Å². The summed E-state index contributed by atoms with van der Waals surface area (Å²) < 4.78 is 0.414. The third kappa shape index (κ3) is 6.03. The Hall–Kier alpha value is -1.11. The Morgan fingerprint density at radius 1 is 1.05 bits per heavy atom. The molecule has 0 aliphatic carbocycles. The van der Waals surface area contributed by atoms with Gasteiger partial charge in [0.25, 0.3) is 0 Å². The predicted molar refractivity (Wildman–Crippen MR) is 94.4 cm³/mol. The molecule has 0 atom stereocenters. The van der Waals surface area contributed by atoms with Crippen molar-refractivity contribution in [2.45, 2.75) is 0 Å². The molecule has 0 fully saturated rings. The summed E-state index contributed by atoms with van der Waals surface area (Å²) in [6, 6.07) is 13.8. The average Bonchev–Trinajstić information content (AvgIpc) is 2.50. The number of carbonyl (C=O) groups is 2. The quantitative estimate of drug-likeness (QED) is 0.447. The van der Waals surface area contributed by atoms with Crippen LogP contribution >= 0.6 is 45.8 Å². The molecule has 0 radical (unpaired) electrons. The highest BCUT2D eigenvalue weighted by Gasteiger charge is 2.12. The number of amides is 1. The molecule has 110 valence electrons. The van der Waals surface area contributed by atoms with Crippen molar-refractivity contribution in [1.82, 2.24) is 0 Å². The first-order chi connectivity index (χ1) is 9.95. The van der Waals surface area contributed by atoms with Crippen molar-refractivity contribution in [2.24, 2.45) is 5.73 Å². The standard InChI is InChI=1S/C13H8Cl2O.C2H4INO/c14-10-6-7-12(15)11(8-10)13(16)9-4-2-1-3-5-9;3-1-2(4)5/h1-8H;1H2,(H2,4,5). The fraction of sp³-hybridized carbons (Fsp3) is 0.0667. The molecule has 0 aliphatic heterocycles. The lowest BCUT2D eigenvalue weighted by Crippen LogP contribution is -2.10. The molecule has 0 saturated heterocycles. The van der Waals surface area contributed by atoms with Gasteiger partial charge in [-0.2, -0.15) is 0 Å². The first-order valence-electron chi connectivity index (χ1n) is 5.84. The van der Waals surface area contributed by atoms with Crippen LogP contribution in [0.3, 0.4) is 0 Å². The second-order valence-corrected chi connectivity index (χ2v) is 5.53. The van der Waals surface area contributed by atoms with Crippen LogP contribution in [0.4, 0.5) is 0 Å². The summed E-state index contributed by atoms with van der Waals surface area (Å²) in [5.74, 6) is -0.376. The van der Waals surface area contributed by atoms with Crippen molar-refractivity contribution in [2.75, 3.05) is 4.43 Å². The molecule has 0 saturated carbocycles. The number of hydrogen-bond acceptors (Lipinski definition) is 2. The summed E-state index contributed by atoms with van der Waals surface area (Å²) in [7, 11) is 0. The minimum Gasteiger partial charge on any atom is -0.369 e. The van der Waals surface area contributed by atoms with Crippen molar-refractivity contribution < 1.29 is 9.59 Å². The van der Waals surface area contributed by atoms with Gasteiger partial charge in [0, 0.05) is 16.1 Å². The number of halogens is 3. The minimum atomic E-state index is -0.259. The largest absolute Gasteiger partial charge is 0.369 e. The summed E-state index contributed by atoms with van der Waals surface area (Å²) in [5.41, 5.74) is 5.68. The van der Waals surface area contributed by atoms with Crippen molar-refractivity contribution in [1.29, 1.82) is 0 Å². The Kier molecular flexibility index (Phi) is 7.71. The van der Waals surface area contributed by atoms with Crippen LogP contribution in [0.2, 0.25) is 10.0 Å². The van der Waals surface area contributed by atoms with Crippen LogP contribution in [0.1, 0.15) is 15.9 Å². The van der Waals surface area contributed by atoms with Gasteiger partial charge in [0.2, 0.25) is 5.91 Å². The fourth-order valence-electron chi connectivity index (χ4n) is 1.42. The molecule has 6 heteroatoms.